The van der Waals surface area contributed by atoms with E-state index in [4.69, 9.17) is 10.5 Å². The summed E-state index contributed by atoms with van der Waals surface area (Å²) in [4.78, 5) is 0. The van der Waals surface area contributed by atoms with E-state index >= 15 is 0 Å². The van der Waals surface area contributed by atoms with Gasteiger partial charge in [0.1, 0.15) is 5.75 Å². The van der Waals surface area contributed by atoms with Gasteiger partial charge >= 0.3 is 0 Å². The van der Waals surface area contributed by atoms with Gasteiger partial charge in [-0.25, -0.2) is 0 Å². The number of hydrogen-bond acceptors (Lipinski definition) is 2. The first-order valence-electron chi connectivity index (χ1n) is 7.33. The minimum absolute atomic E-state index is 0.0980. The lowest BCUT2D eigenvalue weighted by Crippen LogP contribution is -2.06. The van der Waals surface area contributed by atoms with Crippen LogP contribution in [0.1, 0.15) is 22.6 Å². The molecule has 22 heavy (non-hydrogen) atoms. The highest BCUT2D eigenvalue weighted by atomic mass is 16.5. The van der Waals surface area contributed by atoms with E-state index in [9.17, 15) is 0 Å². The summed E-state index contributed by atoms with van der Waals surface area (Å²) in [5.41, 5.74) is 10.3. The Hall–Kier alpha value is -2.74. The molecule has 0 saturated heterocycles. The Morgan fingerprint density at radius 2 is 1.32 bits per heavy atom. The number of rotatable bonds is 4. The SMILES string of the molecule is COc1ccc(N)cc1C(c1ccccc1)c1ccccc1. The van der Waals surface area contributed by atoms with Crippen molar-refractivity contribution in [3.63, 3.8) is 0 Å². The molecule has 0 unspecified atom stereocenters. The number of methoxy groups -OCH3 is 1. The van der Waals surface area contributed by atoms with Crippen LogP contribution in [0.4, 0.5) is 5.69 Å². The highest BCUT2D eigenvalue weighted by molar-refractivity contribution is 5.55. The summed E-state index contributed by atoms with van der Waals surface area (Å²) in [6, 6.07) is 26.7. The molecule has 0 saturated carbocycles. The topological polar surface area (TPSA) is 35.2 Å². The number of ether oxygens (including phenoxy) is 1. The fraction of sp³-hybridized carbons (Fsp3) is 0.100. The maximum Gasteiger partial charge on any atom is 0.123 e. The standard InChI is InChI=1S/C20H19NO/c1-22-19-13-12-17(21)14-18(19)20(15-8-4-2-5-9-15)16-10-6-3-7-11-16/h2-14,20H,21H2,1H3. The number of benzene rings is 3. The fourth-order valence-corrected chi connectivity index (χ4v) is 2.82. The van der Waals surface area contributed by atoms with Crippen molar-refractivity contribution in [3.05, 3.63) is 95.6 Å². The van der Waals surface area contributed by atoms with Crippen molar-refractivity contribution in [2.75, 3.05) is 12.8 Å². The molecule has 0 aromatic heterocycles. The lowest BCUT2D eigenvalue weighted by Gasteiger charge is -2.21. The summed E-state index contributed by atoms with van der Waals surface area (Å²) in [5, 5.41) is 0. The number of hydrogen-bond donors (Lipinski definition) is 1. The molecule has 0 radical (unpaired) electrons. The molecule has 3 aromatic carbocycles. The third-order valence-electron chi connectivity index (χ3n) is 3.83. The Balaban J connectivity index is 2.21. The molecule has 0 aliphatic rings. The maximum absolute atomic E-state index is 6.02. The number of anilines is 1. The van der Waals surface area contributed by atoms with Gasteiger partial charge in [-0.2, -0.15) is 0 Å². The molecule has 0 atom stereocenters. The first-order chi connectivity index (χ1) is 10.8. The smallest absolute Gasteiger partial charge is 0.123 e. The van der Waals surface area contributed by atoms with E-state index in [1.807, 2.05) is 30.3 Å². The molecule has 2 heteroatoms. The second-order valence-electron chi connectivity index (χ2n) is 5.26. The molecule has 0 amide bonds. The summed E-state index contributed by atoms with van der Waals surface area (Å²) in [7, 11) is 1.70. The second-order valence-corrected chi connectivity index (χ2v) is 5.26. The van der Waals surface area contributed by atoms with Gasteiger partial charge in [0.15, 0.2) is 0 Å². The summed E-state index contributed by atoms with van der Waals surface area (Å²) in [6.45, 7) is 0. The van der Waals surface area contributed by atoms with Gasteiger partial charge in [-0.15, -0.1) is 0 Å². The highest BCUT2D eigenvalue weighted by Crippen LogP contribution is 2.37. The average molecular weight is 289 g/mol. The van der Waals surface area contributed by atoms with Crippen LogP contribution in [0, 0.1) is 0 Å². The van der Waals surface area contributed by atoms with Crippen LogP contribution in [0.2, 0.25) is 0 Å². The zero-order valence-corrected chi connectivity index (χ0v) is 12.6. The minimum atomic E-state index is 0.0980. The average Bonchev–Trinajstić information content (AvgIpc) is 2.57. The quantitative estimate of drug-likeness (QED) is 0.568. The van der Waals surface area contributed by atoms with E-state index in [-0.39, 0.29) is 5.92 Å². The molecular formula is C20H19NO. The largest absolute Gasteiger partial charge is 0.496 e. The van der Waals surface area contributed by atoms with Crippen molar-refractivity contribution in [2.24, 2.45) is 0 Å². The number of nitrogen functional groups attached to an aromatic ring is 1. The van der Waals surface area contributed by atoms with E-state index in [2.05, 4.69) is 48.5 Å². The summed E-state index contributed by atoms with van der Waals surface area (Å²) in [6.07, 6.45) is 0. The van der Waals surface area contributed by atoms with Crippen LogP contribution in [0.15, 0.2) is 78.9 Å². The van der Waals surface area contributed by atoms with E-state index in [0.29, 0.717) is 0 Å². The molecular weight excluding hydrogens is 270 g/mol. The molecule has 2 nitrogen and oxygen atoms in total. The van der Waals surface area contributed by atoms with Gasteiger partial charge in [0.2, 0.25) is 0 Å². The molecule has 3 rings (SSSR count). The first kappa shape index (κ1) is 14.2. The van der Waals surface area contributed by atoms with Gasteiger partial charge in [0.25, 0.3) is 0 Å². The molecule has 110 valence electrons. The highest BCUT2D eigenvalue weighted by Gasteiger charge is 2.20. The Morgan fingerprint density at radius 1 is 0.773 bits per heavy atom. The predicted octanol–water partition coefficient (Wildman–Crippen LogP) is 4.46. The van der Waals surface area contributed by atoms with Gasteiger partial charge in [0, 0.05) is 17.2 Å². The third-order valence-corrected chi connectivity index (χ3v) is 3.83. The summed E-state index contributed by atoms with van der Waals surface area (Å²) >= 11 is 0. The van der Waals surface area contributed by atoms with Gasteiger partial charge in [-0.05, 0) is 29.3 Å². The van der Waals surface area contributed by atoms with Crippen molar-refractivity contribution >= 4 is 5.69 Å². The Labute approximate surface area is 131 Å². The minimum Gasteiger partial charge on any atom is -0.496 e. The summed E-state index contributed by atoms with van der Waals surface area (Å²) < 4.78 is 5.57. The van der Waals surface area contributed by atoms with Gasteiger partial charge in [-0.1, -0.05) is 60.7 Å². The van der Waals surface area contributed by atoms with Crippen LogP contribution in [0.3, 0.4) is 0 Å². The molecule has 0 aliphatic heterocycles. The van der Waals surface area contributed by atoms with Crippen LogP contribution in [0.25, 0.3) is 0 Å². The fourth-order valence-electron chi connectivity index (χ4n) is 2.82. The van der Waals surface area contributed by atoms with Crippen molar-refractivity contribution in [2.45, 2.75) is 5.92 Å². The van der Waals surface area contributed by atoms with E-state index in [1.165, 1.54) is 11.1 Å². The van der Waals surface area contributed by atoms with Crippen molar-refractivity contribution in [1.82, 2.24) is 0 Å². The van der Waals surface area contributed by atoms with Gasteiger partial charge in [-0.3, -0.25) is 0 Å². The van der Waals surface area contributed by atoms with E-state index < -0.39 is 0 Å². The van der Waals surface area contributed by atoms with Crippen LogP contribution >= 0.6 is 0 Å². The first-order valence-corrected chi connectivity index (χ1v) is 7.33. The zero-order valence-electron chi connectivity index (χ0n) is 12.6. The lowest BCUT2D eigenvalue weighted by atomic mass is 9.84. The third kappa shape index (κ3) is 2.82. The van der Waals surface area contributed by atoms with Gasteiger partial charge < -0.3 is 10.5 Å². The molecule has 0 fully saturated rings. The zero-order chi connectivity index (χ0) is 15.4. The van der Waals surface area contributed by atoms with Crippen molar-refractivity contribution < 1.29 is 4.74 Å². The molecule has 0 heterocycles. The van der Waals surface area contributed by atoms with Crippen molar-refractivity contribution in [1.29, 1.82) is 0 Å². The van der Waals surface area contributed by atoms with E-state index in [0.717, 1.165) is 17.0 Å². The molecule has 3 aromatic rings. The Bertz CT molecular complexity index is 699. The number of nitrogens with two attached hydrogens (primary N) is 1. The summed E-state index contributed by atoms with van der Waals surface area (Å²) in [5.74, 6) is 0.952. The van der Waals surface area contributed by atoms with Crippen LogP contribution in [-0.2, 0) is 0 Å². The normalized spacial score (nSPS) is 10.6. The van der Waals surface area contributed by atoms with Gasteiger partial charge in [0.05, 0.1) is 7.11 Å². The van der Waals surface area contributed by atoms with Crippen LogP contribution in [-0.4, -0.2) is 7.11 Å². The molecule has 2 N–H and O–H groups in total. The predicted molar refractivity (Wildman–Crippen MR) is 91.2 cm³/mol. The molecule has 0 bridgehead atoms. The Kier molecular flexibility index (Phi) is 4.10. The molecule has 0 spiro atoms. The second kappa shape index (κ2) is 6.35. The maximum atomic E-state index is 6.02. The van der Waals surface area contributed by atoms with Crippen molar-refractivity contribution in [3.8, 4) is 5.75 Å². The van der Waals surface area contributed by atoms with E-state index in [1.54, 1.807) is 7.11 Å². The Morgan fingerprint density at radius 3 is 1.82 bits per heavy atom. The van der Waals surface area contributed by atoms with Crippen LogP contribution < -0.4 is 10.5 Å². The van der Waals surface area contributed by atoms with Crippen LogP contribution in [0.5, 0.6) is 5.75 Å². The lowest BCUT2D eigenvalue weighted by molar-refractivity contribution is 0.409. The monoisotopic (exact) mass is 289 g/mol. The molecule has 0 aliphatic carbocycles.